The molecule has 1 aromatic heterocycles. The molecular formula is C18H16N4O3S. The number of aromatic nitrogens is 2. The monoisotopic (exact) mass is 368 g/mol. The molecule has 1 heterocycles. The highest BCUT2D eigenvalue weighted by Gasteiger charge is 2.16. The number of imidazole rings is 1. The van der Waals surface area contributed by atoms with Crippen molar-refractivity contribution >= 4 is 29.0 Å². The number of hydrogen-bond acceptors (Lipinski definition) is 5. The minimum atomic E-state index is -0.520. The van der Waals surface area contributed by atoms with Crippen LogP contribution in [0.25, 0.3) is 5.69 Å². The van der Waals surface area contributed by atoms with Crippen LogP contribution in [-0.2, 0) is 4.79 Å². The molecule has 0 bridgehead atoms. The first-order valence-corrected chi connectivity index (χ1v) is 8.80. The maximum absolute atomic E-state index is 12.2. The number of hydrogen-bond donors (Lipinski definition) is 1. The zero-order chi connectivity index (χ0) is 18.5. The molecule has 2 aromatic carbocycles. The number of nitro benzene ring substituents is 1. The molecule has 0 atom stereocenters. The van der Waals surface area contributed by atoms with E-state index in [2.05, 4.69) is 10.3 Å². The Kier molecular flexibility index (Phi) is 5.33. The first-order chi connectivity index (χ1) is 12.6. The van der Waals surface area contributed by atoms with Crippen molar-refractivity contribution in [1.29, 1.82) is 0 Å². The predicted molar refractivity (Wildman–Crippen MR) is 101 cm³/mol. The van der Waals surface area contributed by atoms with Crippen molar-refractivity contribution in [2.75, 3.05) is 11.1 Å². The summed E-state index contributed by atoms with van der Waals surface area (Å²) in [6.45, 7) is 2.00. The molecule has 0 aliphatic heterocycles. The topological polar surface area (TPSA) is 90.1 Å². The van der Waals surface area contributed by atoms with Gasteiger partial charge in [0.15, 0.2) is 5.16 Å². The van der Waals surface area contributed by atoms with Crippen molar-refractivity contribution in [2.24, 2.45) is 0 Å². The fourth-order valence-electron chi connectivity index (χ4n) is 2.47. The van der Waals surface area contributed by atoms with Crippen LogP contribution in [0.1, 0.15) is 5.56 Å². The van der Waals surface area contributed by atoms with Gasteiger partial charge in [-0.3, -0.25) is 19.5 Å². The van der Waals surface area contributed by atoms with Crippen molar-refractivity contribution in [3.05, 3.63) is 76.6 Å². The molecule has 132 valence electrons. The zero-order valence-electron chi connectivity index (χ0n) is 14.0. The number of thioether (sulfide) groups is 1. The van der Waals surface area contributed by atoms with Crippen LogP contribution in [0.3, 0.4) is 0 Å². The van der Waals surface area contributed by atoms with E-state index >= 15 is 0 Å². The highest BCUT2D eigenvalue weighted by molar-refractivity contribution is 7.99. The molecule has 0 saturated heterocycles. The Hall–Kier alpha value is -3.13. The molecule has 1 N–H and O–H groups in total. The molecule has 3 aromatic rings. The van der Waals surface area contributed by atoms with Gasteiger partial charge in [0.05, 0.1) is 16.4 Å². The summed E-state index contributed by atoms with van der Waals surface area (Å²) in [4.78, 5) is 27.0. The van der Waals surface area contributed by atoms with Gasteiger partial charge in [0, 0.05) is 18.5 Å². The van der Waals surface area contributed by atoms with Crippen molar-refractivity contribution in [2.45, 2.75) is 12.1 Å². The second-order valence-electron chi connectivity index (χ2n) is 5.48. The van der Waals surface area contributed by atoms with E-state index < -0.39 is 4.92 Å². The third-order valence-corrected chi connectivity index (χ3v) is 4.66. The van der Waals surface area contributed by atoms with Gasteiger partial charge in [-0.25, -0.2) is 4.98 Å². The number of nitrogens with one attached hydrogen (secondary N) is 1. The number of aryl methyl sites for hydroxylation is 1. The number of carbonyl (C=O) groups is 1. The van der Waals surface area contributed by atoms with Crippen molar-refractivity contribution in [3.63, 3.8) is 0 Å². The first kappa shape index (κ1) is 17.7. The van der Waals surface area contributed by atoms with Crippen LogP contribution >= 0.6 is 11.8 Å². The van der Waals surface area contributed by atoms with Gasteiger partial charge < -0.3 is 5.32 Å². The van der Waals surface area contributed by atoms with E-state index in [1.807, 2.05) is 42.0 Å². The Balaban J connectivity index is 1.69. The van der Waals surface area contributed by atoms with Crippen LogP contribution in [0.2, 0.25) is 0 Å². The Morgan fingerprint density at radius 3 is 2.73 bits per heavy atom. The number of amides is 1. The molecule has 8 heteroatoms. The van der Waals surface area contributed by atoms with Crippen LogP contribution in [0.5, 0.6) is 0 Å². The predicted octanol–water partition coefficient (Wildman–Crippen LogP) is 3.82. The van der Waals surface area contributed by atoms with Gasteiger partial charge in [-0.2, -0.15) is 0 Å². The quantitative estimate of drug-likeness (QED) is 0.406. The average Bonchev–Trinajstić information content (AvgIpc) is 3.09. The largest absolute Gasteiger partial charge is 0.320 e. The van der Waals surface area contributed by atoms with Gasteiger partial charge >= 0.3 is 0 Å². The van der Waals surface area contributed by atoms with Crippen LogP contribution in [0.4, 0.5) is 11.4 Å². The van der Waals surface area contributed by atoms with Crippen LogP contribution in [0, 0.1) is 17.0 Å². The molecule has 7 nitrogen and oxygen atoms in total. The van der Waals surface area contributed by atoms with E-state index in [0.717, 1.165) is 11.3 Å². The normalized spacial score (nSPS) is 10.5. The van der Waals surface area contributed by atoms with E-state index in [9.17, 15) is 14.9 Å². The maximum atomic E-state index is 12.2. The maximum Gasteiger partial charge on any atom is 0.292 e. The molecule has 0 aliphatic carbocycles. The number of para-hydroxylation sites is 3. The third kappa shape index (κ3) is 3.92. The lowest BCUT2D eigenvalue weighted by Gasteiger charge is -2.10. The number of rotatable bonds is 6. The minimum absolute atomic E-state index is 0.0922. The number of anilines is 1. The van der Waals surface area contributed by atoms with E-state index in [-0.39, 0.29) is 23.0 Å². The molecule has 0 aliphatic rings. The lowest BCUT2D eigenvalue weighted by Crippen LogP contribution is -2.15. The molecule has 0 spiro atoms. The fraction of sp³-hybridized carbons (Fsp3) is 0.111. The Labute approximate surface area is 154 Å². The van der Waals surface area contributed by atoms with E-state index in [4.69, 9.17) is 0 Å². The third-order valence-electron chi connectivity index (χ3n) is 3.69. The van der Waals surface area contributed by atoms with Gasteiger partial charge in [0.1, 0.15) is 5.69 Å². The molecule has 3 rings (SSSR count). The Morgan fingerprint density at radius 2 is 1.96 bits per heavy atom. The highest BCUT2D eigenvalue weighted by atomic mass is 32.2. The lowest BCUT2D eigenvalue weighted by atomic mass is 10.2. The summed E-state index contributed by atoms with van der Waals surface area (Å²) in [5.41, 5.74) is 2.14. The van der Waals surface area contributed by atoms with Gasteiger partial charge in [-0.1, -0.05) is 42.1 Å². The summed E-state index contributed by atoms with van der Waals surface area (Å²) in [6, 6.07) is 13.9. The lowest BCUT2D eigenvalue weighted by molar-refractivity contribution is -0.383. The summed E-state index contributed by atoms with van der Waals surface area (Å²) in [5.74, 6) is -0.238. The summed E-state index contributed by atoms with van der Waals surface area (Å²) in [7, 11) is 0. The molecular weight excluding hydrogens is 352 g/mol. The SMILES string of the molecule is Cc1ccccc1-n1ccnc1SCC(=O)Nc1ccccc1[N+](=O)[O-]. The second kappa shape index (κ2) is 7.83. The number of nitro groups is 1. The number of carbonyl (C=O) groups excluding carboxylic acids is 1. The molecule has 0 saturated carbocycles. The average molecular weight is 368 g/mol. The van der Waals surface area contributed by atoms with Gasteiger partial charge in [0.2, 0.25) is 5.91 Å². The minimum Gasteiger partial charge on any atom is -0.320 e. The number of benzene rings is 2. The van der Waals surface area contributed by atoms with Crippen molar-refractivity contribution in [3.8, 4) is 5.69 Å². The summed E-state index contributed by atoms with van der Waals surface area (Å²) in [6.07, 6.45) is 3.51. The highest BCUT2D eigenvalue weighted by Crippen LogP contribution is 2.25. The smallest absolute Gasteiger partial charge is 0.292 e. The molecule has 0 radical (unpaired) electrons. The van der Waals surface area contributed by atoms with Crippen LogP contribution < -0.4 is 5.32 Å². The zero-order valence-corrected chi connectivity index (χ0v) is 14.8. The summed E-state index contributed by atoms with van der Waals surface area (Å²) < 4.78 is 1.91. The summed E-state index contributed by atoms with van der Waals surface area (Å²) in [5, 5.41) is 14.3. The standard InChI is InChI=1S/C18H16N4O3S/c1-13-6-2-4-8-15(13)21-11-10-19-18(21)26-12-17(23)20-14-7-3-5-9-16(14)22(24)25/h2-11H,12H2,1H3,(H,20,23). The summed E-state index contributed by atoms with van der Waals surface area (Å²) >= 11 is 1.27. The molecule has 0 unspecified atom stereocenters. The van der Waals surface area contributed by atoms with Gasteiger partial charge in [0.25, 0.3) is 5.69 Å². The number of nitrogens with zero attached hydrogens (tertiary/aromatic N) is 3. The molecule has 0 fully saturated rings. The van der Waals surface area contributed by atoms with Crippen LogP contribution in [0.15, 0.2) is 66.1 Å². The Morgan fingerprint density at radius 1 is 1.23 bits per heavy atom. The van der Waals surface area contributed by atoms with Crippen LogP contribution in [-0.4, -0.2) is 26.1 Å². The second-order valence-corrected chi connectivity index (χ2v) is 6.42. The fourth-order valence-corrected chi connectivity index (χ4v) is 3.23. The van der Waals surface area contributed by atoms with E-state index in [0.29, 0.717) is 5.16 Å². The molecule has 1 amide bonds. The first-order valence-electron chi connectivity index (χ1n) is 7.81. The van der Waals surface area contributed by atoms with E-state index in [1.165, 1.54) is 23.9 Å². The van der Waals surface area contributed by atoms with E-state index in [1.54, 1.807) is 18.3 Å². The Bertz CT molecular complexity index is 955. The van der Waals surface area contributed by atoms with Crippen molar-refractivity contribution in [1.82, 2.24) is 9.55 Å². The van der Waals surface area contributed by atoms with Gasteiger partial charge in [-0.15, -0.1) is 0 Å². The van der Waals surface area contributed by atoms with Crippen molar-refractivity contribution < 1.29 is 9.72 Å². The van der Waals surface area contributed by atoms with Gasteiger partial charge in [-0.05, 0) is 24.6 Å². The molecule has 26 heavy (non-hydrogen) atoms.